The maximum atomic E-state index is 12.5. The van der Waals surface area contributed by atoms with Crippen LogP contribution in [0.2, 0.25) is 0 Å². The van der Waals surface area contributed by atoms with E-state index in [1.807, 2.05) is 0 Å². The molecule has 0 radical (unpaired) electrons. The molecule has 0 fully saturated rings. The first kappa shape index (κ1) is 17.2. The molecule has 1 aromatic carbocycles. The number of anilines is 1. The number of aromatic nitrogens is 2. The molecular weight excluding hydrogens is 362 g/mol. The van der Waals surface area contributed by atoms with Gasteiger partial charge in [-0.1, -0.05) is 6.07 Å². The Bertz CT molecular complexity index is 978. The van der Waals surface area contributed by atoms with E-state index in [2.05, 4.69) is 14.9 Å². The number of esters is 1. The molecule has 0 aliphatic heterocycles. The summed E-state index contributed by atoms with van der Waals surface area (Å²) < 4.78 is 32.7. The number of ether oxygens (including phenoxy) is 1. The minimum absolute atomic E-state index is 0.165. The van der Waals surface area contributed by atoms with Crippen LogP contribution >= 0.6 is 11.3 Å². The SMILES string of the molecule is CCOC(=O)c1cccc(NS(=O)(=O)c2ccc(-c3ccn[nH]3)s2)c1. The van der Waals surface area contributed by atoms with E-state index in [9.17, 15) is 13.2 Å². The second kappa shape index (κ2) is 7.08. The molecule has 2 heterocycles. The Labute approximate surface area is 148 Å². The number of nitrogens with zero attached hydrogens (tertiary/aromatic N) is 1. The van der Waals surface area contributed by atoms with Crippen molar-refractivity contribution in [3.63, 3.8) is 0 Å². The third-order valence-corrected chi connectivity index (χ3v) is 6.23. The molecule has 0 aliphatic rings. The van der Waals surface area contributed by atoms with Crippen molar-refractivity contribution in [3.8, 4) is 10.6 Å². The van der Waals surface area contributed by atoms with Gasteiger partial charge in [0.2, 0.25) is 0 Å². The third-order valence-electron chi connectivity index (χ3n) is 3.24. The van der Waals surface area contributed by atoms with E-state index in [-0.39, 0.29) is 16.4 Å². The first-order valence-corrected chi connectivity index (χ1v) is 9.69. The fourth-order valence-electron chi connectivity index (χ4n) is 2.13. The maximum Gasteiger partial charge on any atom is 0.338 e. The molecule has 130 valence electrons. The van der Waals surface area contributed by atoms with Crippen molar-refractivity contribution >= 4 is 33.0 Å². The molecule has 0 spiro atoms. The smallest absolute Gasteiger partial charge is 0.338 e. The van der Waals surface area contributed by atoms with Crippen LogP contribution in [0, 0.1) is 0 Å². The highest BCUT2D eigenvalue weighted by Crippen LogP contribution is 2.30. The van der Waals surface area contributed by atoms with Crippen molar-refractivity contribution in [2.24, 2.45) is 0 Å². The summed E-state index contributed by atoms with van der Waals surface area (Å²) in [7, 11) is -3.76. The average Bonchev–Trinajstić information content (AvgIpc) is 3.26. The molecular formula is C16H15N3O4S2. The number of carbonyl (C=O) groups is 1. The summed E-state index contributed by atoms with van der Waals surface area (Å²) in [5.74, 6) is -0.499. The summed E-state index contributed by atoms with van der Waals surface area (Å²) in [6, 6.07) is 11.2. The van der Waals surface area contributed by atoms with Crippen molar-refractivity contribution in [1.82, 2.24) is 10.2 Å². The van der Waals surface area contributed by atoms with Crippen LogP contribution in [-0.2, 0) is 14.8 Å². The summed E-state index contributed by atoms with van der Waals surface area (Å²) >= 11 is 1.12. The first-order chi connectivity index (χ1) is 12.0. The fourth-order valence-corrected chi connectivity index (χ4v) is 4.46. The number of hydrogen-bond acceptors (Lipinski definition) is 6. The number of hydrogen-bond donors (Lipinski definition) is 2. The average molecular weight is 377 g/mol. The van der Waals surface area contributed by atoms with Crippen LogP contribution in [0.5, 0.6) is 0 Å². The highest BCUT2D eigenvalue weighted by molar-refractivity contribution is 7.94. The van der Waals surface area contributed by atoms with E-state index >= 15 is 0 Å². The Balaban J connectivity index is 1.82. The Hall–Kier alpha value is -2.65. The number of benzene rings is 1. The van der Waals surface area contributed by atoms with Crippen LogP contribution in [0.15, 0.2) is 52.9 Å². The number of rotatable bonds is 6. The molecule has 3 rings (SSSR count). The number of aromatic amines is 1. The minimum atomic E-state index is -3.76. The lowest BCUT2D eigenvalue weighted by molar-refractivity contribution is 0.0526. The number of H-pyrrole nitrogens is 1. The largest absolute Gasteiger partial charge is 0.462 e. The first-order valence-electron chi connectivity index (χ1n) is 7.39. The lowest BCUT2D eigenvalue weighted by Crippen LogP contribution is -2.12. The van der Waals surface area contributed by atoms with E-state index in [1.165, 1.54) is 12.1 Å². The monoisotopic (exact) mass is 377 g/mol. The molecule has 3 aromatic rings. The van der Waals surface area contributed by atoms with E-state index in [1.54, 1.807) is 43.5 Å². The van der Waals surface area contributed by atoms with Crippen LogP contribution in [-0.4, -0.2) is 31.2 Å². The van der Waals surface area contributed by atoms with Crippen LogP contribution in [0.1, 0.15) is 17.3 Å². The van der Waals surface area contributed by atoms with E-state index in [4.69, 9.17) is 4.74 Å². The maximum absolute atomic E-state index is 12.5. The predicted molar refractivity (Wildman–Crippen MR) is 95.1 cm³/mol. The van der Waals surface area contributed by atoms with E-state index in [0.29, 0.717) is 5.69 Å². The van der Waals surface area contributed by atoms with Gasteiger partial charge >= 0.3 is 5.97 Å². The van der Waals surface area contributed by atoms with Gasteiger partial charge in [-0.25, -0.2) is 13.2 Å². The van der Waals surface area contributed by atoms with Gasteiger partial charge < -0.3 is 4.74 Å². The molecule has 0 saturated carbocycles. The van der Waals surface area contributed by atoms with Gasteiger partial charge in [0.1, 0.15) is 4.21 Å². The third kappa shape index (κ3) is 3.89. The molecule has 0 bridgehead atoms. The van der Waals surface area contributed by atoms with Crippen LogP contribution < -0.4 is 4.72 Å². The predicted octanol–water partition coefficient (Wildman–Crippen LogP) is 3.12. The lowest BCUT2D eigenvalue weighted by atomic mass is 10.2. The van der Waals surface area contributed by atoms with Crippen LogP contribution in [0.25, 0.3) is 10.6 Å². The molecule has 2 aromatic heterocycles. The summed E-state index contributed by atoms with van der Waals surface area (Å²) in [5, 5.41) is 6.65. The highest BCUT2D eigenvalue weighted by atomic mass is 32.2. The molecule has 0 saturated heterocycles. The van der Waals surface area contributed by atoms with Gasteiger partial charge in [-0.15, -0.1) is 11.3 Å². The second-order valence-corrected chi connectivity index (χ2v) is 7.99. The van der Waals surface area contributed by atoms with Crippen molar-refractivity contribution < 1.29 is 17.9 Å². The van der Waals surface area contributed by atoms with Crippen molar-refractivity contribution in [1.29, 1.82) is 0 Å². The topological polar surface area (TPSA) is 101 Å². The van der Waals surface area contributed by atoms with Gasteiger partial charge in [-0.05, 0) is 43.3 Å². The zero-order valence-corrected chi connectivity index (χ0v) is 14.9. The van der Waals surface area contributed by atoms with Crippen molar-refractivity contribution in [2.45, 2.75) is 11.1 Å². The Kier molecular flexibility index (Phi) is 4.86. The number of sulfonamides is 1. The van der Waals surface area contributed by atoms with Crippen molar-refractivity contribution in [2.75, 3.05) is 11.3 Å². The van der Waals surface area contributed by atoms with Gasteiger partial charge in [0, 0.05) is 11.9 Å². The molecule has 0 atom stereocenters. The number of nitrogens with one attached hydrogen (secondary N) is 2. The summed E-state index contributed by atoms with van der Waals surface area (Å²) in [5.41, 5.74) is 1.32. The van der Waals surface area contributed by atoms with Gasteiger partial charge in [0.05, 0.1) is 22.7 Å². The quantitative estimate of drug-likeness (QED) is 0.643. The molecule has 0 amide bonds. The Morgan fingerprint density at radius 3 is 2.84 bits per heavy atom. The Morgan fingerprint density at radius 2 is 2.12 bits per heavy atom. The Morgan fingerprint density at radius 1 is 1.28 bits per heavy atom. The van der Waals surface area contributed by atoms with Crippen molar-refractivity contribution in [3.05, 3.63) is 54.2 Å². The molecule has 9 heteroatoms. The number of thiophene rings is 1. The lowest BCUT2D eigenvalue weighted by Gasteiger charge is -2.08. The van der Waals surface area contributed by atoms with Crippen LogP contribution in [0.3, 0.4) is 0 Å². The summed E-state index contributed by atoms with van der Waals surface area (Å²) in [6.07, 6.45) is 1.60. The van der Waals surface area contributed by atoms with Gasteiger partial charge in [0.15, 0.2) is 0 Å². The van der Waals surface area contributed by atoms with E-state index < -0.39 is 16.0 Å². The normalized spacial score (nSPS) is 11.2. The molecule has 0 unspecified atom stereocenters. The van der Waals surface area contributed by atoms with Gasteiger partial charge in [-0.2, -0.15) is 5.10 Å². The van der Waals surface area contributed by atoms with Gasteiger partial charge in [-0.3, -0.25) is 9.82 Å². The standard InChI is InChI=1S/C16H15N3O4S2/c1-2-23-16(20)11-4-3-5-12(10-11)19-25(21,22)15-7-6-14(24-15)13-8-9-17-18-13/h3-10,19H,2H2,1H3,(H,17,18). The molecule has 0 aliphatic carbocycles. The molecule has 25 heavy (non-hydrogen) atoms. The number of carbonyl (C=O) groups excluding carboxylic acids is 1. The zero-order chi connectivity index (χ0) is 17.9. The fraction of sp³-hybridized carbons (Fsp3) is 0.125. The molecule has 2 N–H and O–H groups in total. The molecule has 7 nitrogen and oxygen atoms in total. The second-order valence-electron chi connectivity index (χ2n) is 5.00. The minimum Gasteiger partial charge on any atom is -0.462 e. The van der Waals surface area contributed by atoms with E-state index in [0.717, 1.165) is 21.9 Å². The highest BCUT2D eigenvalue weighted by Gasteiger charge is 2.18. The van der Waals surface area contributed by atoms with Gasteiger partial charge in [0.25, 0.3) is 10.0 Å². The summed E-state index contributed by atoms with van der Waals surface area (Å²) in [4.78, 5) is 12.5. The zero-order valence-electron chi connectivity index (χ0n) is 13.2. The summed E-state index contributed by atoms with van der Waals surface area (Å²) in [6.45, 7) is 1.96. The van der Waals surface area contributed by atoms with Crippen LogP contribution in [0.4, 0.5) is 5.69 Å².